The molecule has 5 aromatic rings. The van der Waals surface area contributed by atoms with Gasteiger partial charge in [0.2, 0.25) is 0 Å². The Hall–Kier alpha value is -3.73. The molecule has 0 saturated carbocycles. The quantitative estimate of drug-likeness (QED) is 0.440. The molecule has 5 rings (SSSR count). The number of aromatic nitrogens is 4. The van der Waals surface area contributed by atoms with E-state index in [0.717, 1.165) is 49.5 Å². The van der Waals surface area contributed by atoms with Crippen molar-refractivity contribution in [1.29, 1.82) is 0 Å². The van der Waals surface area contributed by atoms with Gasteiger partial charge < -0.3 is 0 Å². The Morgan fingerprint density at radius 2 is 1.50 bits per heavy atom. The van der Waals surface area contributed by atoms with Crippen LogP contribution in [0.5, 0.6) is 0 Å². The summed E-state index contributed by atoms with van der Waals surface area (Å²) in [7, 11) is 0. The van der Waals surface area contributed by atoms with Crippen molar-refractivity contribution < 1.29 is 4.79 Å². The third-order valence-electron chi connectivity index (χ3n) is 4.80. The van der Waals surface area contributed by atoms with Crippen molar-refractivity contribution in [1.82, 2.24) is 19.9 Å². The molecule has 0 fully saturated rings. The molecule has 5 heteroatoms. The Bertz CT molecular complexity index is 1380. The number of fused-ring (bicyclic) bond motifs is 4. The summed E-state index contributed by atoms with van der Waals surface area (Å²) in [5, 5.41) is 2.00. The zero-order chi connectivity index (χ0) is 19.1. The third-order valence-corrected chi connectivity index (χ3v) is 4.80. The van der Waals surface area contributed by atoms with Crippen LogP contribution in [-0.4, -0.2) is 25.7 Å². The van der Waals surface area contributed by atoms with E-state index in [2.05, 4.69) is 26.0 Å². The molecule has 4 aromatic heterocycles. The molecular weight excluding hydrogens is 348 g/mol. The molecule has 5 nitrogen and oxygen atoms in total. The molecule has 0 aliphatic carbocycles. The highest BCUT2D eigenvalue weighted by Crippen LogP contribution is 2.28. The van der Waals surface area contributed by atoms with Gasteiger partial charge in [-0.3, -0.25) is 24.7 Å². The van der Waals surface area contributed by atoms with Crippen LogP contribution in [-0.2, 0) is 11.2 Å². The standard InChI is InChI=1S/C23H16N4O/c1-14(28)7-15-8-16-4-5-17-9-18(13-27-23(17)22(16)26-11-15)19-10-21-20(25-12-19)3-2-6-24-21/h2-6,8-13H,7H2,1H3. The van der Waals surface area contributed by atoms with E-state index in [4.69, 9.17) is 0 Å². The first-order valence-electron chi connectivity index (χ1n) is 9.05. The number of Topliss-reactive ketones (excluding diaryl/α,β-unsaturated/α-hetero) is 1. The Kier molecular flexibility index (Phi) is 3.79. The Balaban J connectivity index is 1.62. The smallest absolute Gasteiger partial charge is 0.134 e. The maximum absolute atomic E-state index is 11.4. The molecule has 0 saturated heterocycles. The highest BCUT2D eigenvalue weighted by Gasteiger charge is 2.08. The van der Waals surface area contributed by atoms with E-state index in [0.29, 0.717) is 6.42 Å². The lowest BCUT2D eigenvalue weighted by atomic mass is 10.0. The van der Waals surface area contributed by atoms with Gasteiger partial charge in [-0.05, 0) is 42.8 Å². The highest BCUT2D eigenvalue weighted by molar-refractivity contribution is 6.04. The van der Waals surface area contributed by atoms with Crippen LogP contribution in [0, 0.1) is 0 Å². The number of pyridine rings is 4. The lowest BCUT2D eigenvalue weighted by molar-refractivity contribution is -0.116. The number of benzene rings is 1. The Morgan fingerprint density at radius 3 is 2.32 bits per heavy atom. The summed E-state index contributed by atoms with van der Waals surface area (Å²) >= 11 is 0. The minimum absolute atomic E-state index is 0.128. The van der Waals surface area contributed by atoms with Crippen molar-refractivity contribution in [2.45, 2.75) is 13.3 Å². The minimum Gasteiger partial charge on any atom is -0.300 e. The SMILES string of the molecule is CC(=O)Cc1cnc2c(ccc3cc(-c4cnc5cccnc5c4)cnc32)c1. The average molecular weight is 364 g/mol. The van der Waals surface area contributed by atoms with Gasteiger partial charge in [-0.2, -0.15) is 0 Å². The number of hydrogen-bond acceptors (Lipinski definition) is 5. The van der Waals surface area contributed by atoms with E-state index in [9.17, 15) is 4.79 Å². The lowest BCUT2D eigenvalue weighted by Gasteiger charge is -2.07. The fourth-order valence-corrected chi connectivity index (χ4v) is 3.49. The molecule has 0 radical (unpaired) electrons. The summed E-state index contributed by atoms with van der Waals surface area (Å²) in [6.07, 6.45) is 7.62. The Labute approximate surface area is 161 Å². The minimum atomic E-state index is 0.128. The number of carbonyl (C=O) groups excluding carboxylic acids is 1. The normalized spacial score (nSPS) is 11.3. The molecule has 0 atom stereocenters. The fourth-order valence-electron chi connectivity index (χ4n) is 3.49. The number of hydrogen-bond donors (Lipinski definition) is 0. The highest BCUT2D eigenvalue weighted by atomic mass is 16.1. The third kappa shape index (κ3) is 2.87. The van der Waals surface area contributed by atoms with E-state index >= 15 is 0 Å². The van der Waals surface area contributed by atoms with Crippen LogP contribution in [0.3, 0.4) is 0 Å². The molecule has 1 aromatic carbocycles. The van der Waals surface area contributed by atoms with Gasteiger partial charge in [0.1, 0.15) is 5.78 Å². The molecule has 134 valence electrons. The molecular formula is C23H16N4O. The van der Waals surface area contributed by atoms with Crippen molar-refractivity contribution in [3.8, 4) is 11.1 Å². The zero-order valence-electron chi connectivity index (χ0n) is 15.3. The topological polar surface area (TPSA) is 68.6 Å². The van der Waals surface area contributed by atoms with Crippen LogP contribution in [0.25, 0.3) is 44.0 Å². The molecule has 0 aliphatic rings. The number of carbonyl (C=O) groups is 1. The summed E-state index contributed by atoms with van der Waals surface area (Å²) in [6.45, 7) is 1.59. The summed E-state index contributed by atoms with van der Waals surface area (Å²) in [6, 6.07) is 14.0. The summed E-state index contributed by atoms with van der Waals surface area (Å²) in [5.74, 6) is 0.128. The van der Waals surface area contributed by atoms with Crippen LogP contribution in [0.4, 0.5) is 0 Å². The first-order chi connectivity index (χ1) is 13.7. The molecule has 0 N–H and O–H groups in total. The van der Waals surface area contributed by atoms with Crippen LogP contribution in [0.1, 0.15) is 12.5 Å². The number of nitrogens with zero attached hydrogens (tertiary/aromatic N) is 4. The van der Waals surface area contributed by atoms with Gasteiger partial charge in [-0.15, -0.1) is 0 Å². The zero-order valence-corrected chi connectivity index (χ0v) is 15.3. The van der Waals surface area contributed by atoms with Gasteiger partial charge >= 0.3 is 0 Å². The van der Waals surface area contributed by atoms with Crippen molar-refractivity contribution in [3.05, 3.63) is 72.8 Å². The van der Waals surface area contributed by atoms with Crippen molar-refractivity contribution in [2.75, 3.05) is 0 Å². The van der Waals surface area contributed by atoms with Gasteiger partial charge in [-0.1, -0.05) is 12.1 Å². The average Bonchev–Trinajstić information content (AvgIpc) is 2.72. The van der Waals surface area contributed by atoms with Crippen molar-refractivity contribution in [3.63, 3.8) is 0 Å². The second-order valence-electron chi connectivity index (χ2n) is 6.92. The molecule has 0 amide bonds. The van der Waals surface area contributed by atoms with Gasteiger partial charge in [0.05, 0.1) is 22.1 Å². The maximum Gasteiger partial charge on any atom is 0.134 e. The van der Waals surface area contributed by atoms with E-state index in [1.54, 1.807) is 19.3 Å². The molecule has 0 aliphatic heterocycles. The summed E-state index contributed by atoms with van der Waals surface area (Å²) in [4.78, 5) is 29.5. The predicted octanol–water partition coefficient (Wildman–Crippen LogP) is 4.52. The Morgan fingerprint density at radius 1 is 0.786 bits per heavy atom. The summed E-state index contributed by atoms with van der Waals surface area (Å²) in [5.41, 5.74) is 6.31. The van der Waals surface area contributed by atoms with E-state index in [1.807, 2.05) is 48.8 Å². The molecule has 0 unspecified atom stereocenters. The van der Waals surface area contributed by atoms with Gasteiger partial charge in [0.25, 0.3) is 0 Å². The van der Waals surface area contributed by atoms with Crippen LogP contribution in [0.15, 0.2) is 67.3 Å². The predicted molar refractivity (Wildman–Crippen MR) is 110 cm³/mol. The second-order valence-corrected chi connectivity index (χ2v) is 6.92. The second kappa shape index (κ2) is 6.46. The van der Waals surface area contributed by atoms with E-state index < -0.39 is 0 Å². The number of ketones is 1. The molecule has 0 bridgehead atoms. The van der Waals surface area contributed by atoms with Gasteiger partial charge in [0, 0.05) is 53.1 Å². The maximum atomic E-state index is 11.4. The molecule has 28 heavy (non-hydrogen) atoms. The monoisotopic (exact) mass is 364 g/mol. The van der Waals surface area contributed by atoms with Crippen molar-refractivity contribution in [2.24, 2.45) is 0 Å². The van der Waals surface area contributed by atoms with Crippen molar-refractivity contribution >= 4 is 38.6 Å². The lowest BCUT2D eigenvalue weighted by Crippen LogP contribution is -1.97. The van der Waals surface area contributed by atoms with E-state index in [1.165, 1.54) is 0 Å². The molecule has 0 spiro atoms. The van der Waals surface area contributed by atoms with E-state index in [-0.39, 0.29) is 5.78 Å². The molecule has 4 heterocycles. The van der Waals surface area contributed by atoms with Gasteiger partial charge in [-0.25, -0.2) is 0 Å². The van der Waals surface area contributed by atoms with Crippen LogP contribution in [0.2, 0.25) is 0 Å². The van der Waals surface area contributed by atoms with Crippen LogP contribution >= 0.6 is 0 Å². The first-order valence-corrected chi connectivity index (χ1v) is 9.05. The first kappa shape index (κ1) is 16.4. The largest absolute Gasteiger partial charge is 0.300 e. The van der Waals surface area contributed by atoms with Gasteiger partial charge in [0.15, 0.2) is 0 Å². The summed E-state index contributed by atoms with van der Waals surface area (Å²) < 4.78 is 0. The number of rotatable bonds is 3. The van der Waals surface area contributed by atoms with Crippen LogP contribution < -0.4 is 0 Å². The fraction of sp³-hybridized carbons (Fsp3) is 0.0870.